The molecule has 0 aromatic carbocycles. The molecule has 1 aliphatic heterocycles. The van der Waals surface area contributed by atoms with Gasteiger partial charge >= 0.3 is 0 Å². The van der Waals surface area contributed by atoms with E-state index in [9.17, 15) is 9.90 Å². The van der Waals surface area contributed by atoms with Crippen molar-refractivity contribution in [3.05, 3.63) is 0 Å². The molecule has 1 N–H and O–H groups in total. The van der Waals surface area contributed by atoms with Crippen LogP contribution in [-0.4, -0.2) is 28.7 Å². The third-order valence-electron chi connectivity index (χ3n) is 5.68. The summed E-state index contributed by atoms with van der Waals surface area (Å²) >= 11 is 0. The molecule has 3 fully saturated rings. The van der Waals surface area contributed by atoms with Crippen LogP contribution in [-0.2, 0) is 9.53 Å². The number of aliphatic hydroxyl groups is 1. The van der Waals surface area contributed by atoms with Gasteiger partial charge in [-0.2, -0.15) is 0 Å². The van der Waals surface area contributed by atoms with Gasteiger partial charge in [0.15, 0.2) is 5.78 Å². The highest BCUT2D eigenvalue weighted by Crippen LogP contribution is 2.57. The maximum absolute atomic E-state index is 12.1. The average Bonchev–Trinajstić information content (AvgIpc) is 2.58. The molecule has 102 valence electrons. The monoisotopic (exact) mass is 252 g/mol. The van der Waals surface area contributed by atoms with Crippen molar-refractivity contribution < 1.29 is 14.6 Å². The SMILES string of the molecule is CC(C)C1C2CC(C)C3CC(=O)C(C)(O)C(O2)C31. The van der Waals surface area contributed by atoms with Gasteiger partial charge in [0.25, 0.3) is 0 Å². The second kappa shape index (κ2) is 3.80. The van der Waals surface area contributed by atoms with Crippen molar-refractivity contribution in [2.45, 2.75) is 58.3 Å². The maximum Gasteiger partial charge on any atom is 0.167 e. The van der Waals surface area contributed by atoms with E-state index in [0.717, 1.165) is 6.42 Å². The van der Waals surface area contributed by atoms with Gasteiger partial charge in [-0.25, -0.2) is 0 Å². The zero-order valence-electron chi connectivity index (χ0n) is 11.7. The predicted octanol–water partition coefficient (Wildman–Crippen LogP) is 2.02. The summed E-state index contributed by atoms with van der Waals surface area (Å²) in [7, 11) is 0. The second-order valence-corrected chi connectivity index (χ2v) is 7.15. The van der Waals surface area contributed by atoms with Gasteiger partial charge in [-0.05, 0) is 42.9 Å². The molecule has 3 rings (SSSR count). The summed E-state index contributed by atoms with van der Waals surface area (Å²) in [5, 5.41) is 10.5. The number of ketones is 1. The molecule has 2 bridgehead atoms. The Morgan fingerprint density at radius 3 is 2.72 bits per heavy atom. The molecule has 1 heterocycles. The number of carbonyl (C=O) groups is 1. The van der Waals surface area contributed by atoms with Crippen LogP contribution in [0.25, 0.3) is 0 Å². The fourth-order valence-corrected chi connectivity index (χ4v) is 4.76. The summed E-state index contributed by atoms with van der Waals surface area (Å²) in [5.41, 5.74) is -1.27. The molecule has 0 spiro atoms. The van der Waals surface area contributed by atoms with Gasteiger partial charge in [0.1, 0.15) is 5.60 Å². The fourth-order valence-electron chi connectivity index (χ4n) is 4.76. The van der Waals surface area contributed by atoms with Crippen molar-refractivity contribution in [3.63, 3.8) is 0 Å². The second-order valence-electron chi connectivity index (χ2n) is 7.15. The lowest BCUT2D eigenvalue weighted by Crippen LogP contribution is -2.57. The highest BCUT2D eigenvalue weighted by Gasteiger charge is 2.63. The van der Waals surface area contributed by atoms with Crippen LogP contribution in [0.1, 0.15) is 40.5 Å². The van der Waals surface area contributed by atoms with Crippen LogP contribution in [0.3, 0.4) is 0 Å². The number of carbonyl (C=O) groups excluding carboxylic acids is 1. The normalized spacial score (nSPS) is 55.1. The van der Waals surface area contributed by atoms with Gasteiger partial charge in [-0.1, -0.05) is 20.8 Å². The Kier molecular flexibility index (Phi) is 2.66. The van der Waals surface area contributed by atoms with E-state index in [1.165, 1.54) is 0 Å². The first kappa shape index (κ1) is 12.6. The van der Waals surface area contributed by atoms with E-state index in [4.69, 9.17) is 4.74 Å². The summed E-state index contributed by atoms with van der Waals surface area (Å²) in [5.74, 6) is 2.37. The van der Waals surface area contributed by atoms with Crippen LogP contribution in [0.2, 0.25) is 0 Å². The molecule has 3 nitrogen and oxygen atoms in total. The van der Waals surface area contributed by atoms with Gasteiger partial charge in [-0.15, -0.1) is 0 Å². The van der Waals surface area contributed by atoms with Crippen LogP contribution in [0.4, 0.5) is 0 Å². The Balaban J connectivity index is 2.02. The predicted molar refractivity (Wildman–Crippen MR) is 68.0 cm³/mol. The molecule has 2 saturated carbocycles. The largest absolute Gasteiger partial charge is 0.380 e. The van der Waals surface area contributed by atoms with E-state index in [1.54, 1.807) is 6.92 Å². The third-order valence-corrected chi connectivity index (χ3v) is 5.68. The molecule has 18 heavy (non-hydrogen) atoms. The van der Waals surface area contributed by atoms with Gasteiger partial charge < -0.3 is 9.84 Å². The molecular weight excluding hydrogens is 228 g/mol. The Hall–Kier alpha value is -0.410. The van der Waals surface area contributed by atoms with Gasteiger partial charge in [0.2, 0.25) is 0 Å². The molecule has 2 aliphatic carbocycles. The molecule has 7 atom stereocenters. The minimum Gasteiger partial charge on any atom is -0.380 e. The summed E-state index contributed by atoms with van der Waals surface area (Å²) in [6.07, 6.45) is 1.55. The fraction of sp³-hybridized carbons (Fsp3) is 0.933. The number of hydrogen-bond acceptors (Lipinski definition) is 3. The van der Waals surface area contributed by atoms with Crippen LogP contribution in [0, 0.1) is 29.6 Å². The van der Waals surface area contributed by atoms with Crippen molar-refractivity contribution in [1.29, 1.82) is 0 Å². The van der Waals surface area contributed by atoms with Gasteiger partial charge in [0, 0.05) is 6.42 Å². The smallest absolute Gasteiger partial charge is 0.167 e. The zero-order chi connectivity index (χ0) is 13.2. The van der Waals surface area contributed by atoms with Crippen LogP contribution in [0.15, 0.2) is 0 Å². The Bertz CT molecular complexity index is 374. The zero-order valence-corrected chi connectivity index (χ0v) is 11.7. The summed E-state index contributed by atoms with van der Waals surface area (Å²) in [6.45, 7) is 8.36. The Labute approximate surface area is 109 Å². The minimum absolute atomic E-state index is 0.0225. The van der Waals surface area contributed by atoms with E-state index in [1.807, 2.05) is 0 Å². The Morgan fingerprint density at radius 2 is 2.11 bits per heavy atom. The first-order valence-electron chi connectivity index (χ1n) is 7.25. The lowest BCUT2D eigenvalue weighted by atomic mass is 9.56. The molecule has 0 aromatic rings. The molecule has 1 saturated heterocycles. The number of fused-ring (bicyclic) bond motifs is 1. The number of ether oxygens (including phenoxy) is 1. The van der Waals surface area contributed by atoms with Crippen LogP contribution >= 0.6 is 0 Å². The lowest BCUT2D eigenvalue weighted by molar-refractivity contribution is -0.164. The standard InChI is InChI=1S/C15H24O3/c1-7(2)12-10-5-8(3)9-6-11(16)15(4,17)14(18-10)13(9)12/h7-10,12-14,17H,5-6H2,1-4H3. The van der Waals surface area contributed by atoms with E-state index >= 15 is 0 Å². The van der Waals surface area contributed by atoms with Crippen molar-refractivity contribution in [2.24, 2.45) is 29.6 Å². The molecule has 7 unspecified atom stereocenters. The third kappa shape index (κ3) is 1.47. The van der Waals surface area contributed by atoms with Crippen LogP contribution in [0.5, 0.6) is 0 Å². The van der Waals surface area contributed by atoms with Gasteiger partial charge in [0.05, 0.1) is 12.2 Å². The number of hydrogen-bond donors (Lipinski definition) is 1. The van der Waals surface area contributed by atoms with Gasteiger partial charge in [-0.3, -0.25) is 4.79 Å². The van der Waals surface area contributed by atoms with Crippen molar-refractivity contribution in [3.8, 4) is 0 Å². The summed E-state index contributed by atoms with van der Waals surface area (Å²) < 4.78 is 6.12. The molecule has 0 amide bonds. The van der Waals surface area contributed by atoms with Crippen molar-refractivity contribution in [2.75, 3.05) is 0 Å². The van der Waals surface area contributed by atoms with E-state index < -0.39 is 5.60 Å². The van der Waals surface area contributed by atoms with E-state index in [2.05, 4.69) is 20.8 Å². The van der Waals surface area contributed by atoms with E-state index in [-0.39, 0.29) is 18.0 Å². The molecular formula is C15H24O3. The highest BCUT2D eigenvalue weighted by molar-refractivity contribution is 5.88. The molecule has 0 radical (unpaired) electrons. The van der Waals surface area contributed by atoms with E-state index in [0.29, 0.717) is 36.0 Å². The minimum atomic E-state index is -1.27. The quantitative estimate of drug-likeness (QED) is 0.776. The molecule has 0 aromatic heterocycles. The maximum atomic E-state index is 12.1. The Morgan fingerprint density at radius 1 is 1.44 bits per heavy atom. The summed E-state index contributed by atoms with van der Waals surface area (Å²) in [4.78, 5) is 12.1. The number of rotatable bonds is 1. The van der Waals surface area contributed by atoms with Crippen molar-refractivity contribution >= 4 is 5.78 Å². The number of Topliss-reactive ketones (excluding diaryl/α,β-unsaturated/α-hetero) is 1. The first-order valence-corrected chi connectivity index (χ1v) is 7.25. The molecule has 3 heteroatoms. The lowest BCUT2D eigenvalue weighted by Gasteiger charge is -2.47. The molecule has 3 aliphatic rings. The first-order chi connectivity index (χ1) is 8.34. The summed E-state index contributed by atoms with van der Waals surface area (Å²) in [6, 6.07) is 0. The topological polar surface area (TPSA) is 46.5 Å². The highest BCUT2D eigenvalue weighted by atomic mass is 16.5. The van der Waals surface area contributed by atoms with Crippen LogP contribution < -0.4 is 0 Å². The van der Waals surface area contributed by atoms with Crippen molar-refractivity contribution in [1.82, 2.24) is 0 Å². The average molecular weight is 252 g/mol.